The lowest BCUT2D eigenvalue weighted by atomic mass is 9.79. The maximum atomic E-state index is 5.81. The average molecular weight is 220 g/mol. The third-order valence-corrected chi connectivity index (χ3v) is 3.50. The lowest BCUT2D eigenvalue weighted by Crippen LogP contribution is -2.31. The van der Waals surface area contributed by atoms with E-state index in [0.717, 1.165) is 18.9 Å². The number of nitrogens with one attached hydrogen (secondary N) is 1. The van der Waals surface area contributed by atoms with E-state index in [0.29, 0.717) is 11.8 Å². The summed E-state index contributed by atoms with van der Waals surface area (Å²) >= 11 is 0. The van der Waals surface area contributed by atoms with Crippen LogP contribution in [0.2, 0.25) is 0 Å². The lowest BCUT2D eigenvalue weighted by molar-refractivity contribution is 0.255. The smallest absolute Gasteiger partial charge is 0.129 e. The highest BCUT2D eigenvalue weighted by molar-refractivity contribution is 5.31. The van der Waals surface area contributed by atoms with Crippen molar-refractivity contribution in [2.75, 3.05) is 18.4 Å². The monoisotopic (exact) mass is 220 g/mol. The molecule has 3 N–H and O–H groups in total. The maximum Gasteiger partial charge on any atom is 0.129 e. The third-order valence-electron chi connectivity index (χ3n) is 3.50. The number of hydrogen-bond acceptors (Lipinski definition) is 4. The van der Waals surface area contributed by atoms with E-state index in [1.165, 1.54) is 25.7 Å². The molecule has 0 spiro atoms. The van der Waals surface area contributed by atoms with Crippen molar-refractivity contribution < 1.29 is 0 Å². The highest BCUT2D eigenvalue weighted by atomic mass is 15.0. The van der Waals surface area contributed by atoms with Crippen molar-refractivity contribution >= 4 is 5.82 Å². The van der Waals surface area contributed by atoms with Crippen molar-refractivity contribution in [3.8, 4) is 0 Å². The summed E-state index contributed by atoms with van der Waals surface area (Å²) in [4.78, 5) is 8.06. The van der Waals surface area contributed by atoms with Gasteiger partial charge >= 0.3 is 0 Å². The second-order valence-electron chi connectivity index (χ2n) is 4.52. The van der Waals surface area contributed by atoms with Gasteiger partial charge in [-0.1, -0.05) is 12.8 Å². The molecule has 1 heterocycles. The zero-order valence-corrected chi connectivity index (χ0v) is 9.60. The summed E-state index contributed by atoms with van der Waals surface area (Å²) in [6.07, 6.45) is 8.59. The minimum atomic E-state index is 0.683. The first-order valence-corrected chi connectivity index (χ1v) is 6.10. The van der Waals surface area contributed by atoms with E-state index in [1.807, 2.05) is 6.07 Å². The first kappa shape index (κ1) is 11.3. The third kappa shape index (κ3) is 2.92. The van der Waals surface area contributed by atoms with Gasteiger partial charge in [0.25, 0.3) is 0 Å². The average Bonchev–Trinajstić information content (AvgIpc) is 2.38. The summed E-state index contributed by atoms with van der Waals surface area (Å²) in [5.41, 5.74) is 5.81. The minimum absolute atomic E-state index is 0.683. The Morgan fingerprint density at radius 3 is 2.81 bits per heavy atom. The molecule has 0 saturated heterocycles. The molecule has 1 aliphatic rings. The first-order chi connectivity index (χ1) is 7.90. The topological polar surface area (TPSA) is 63.8 Å². The van der Waals surface area contributed by atoms with E-state index in [9.17, 15) is 0 Å². The van der Waals surface area contributed by atoms with Gasteiger partial charge in [-0.25, -0.2) is 9.97 Å². The Morgan fingerprint density at radius 1 is 1.31 bits per heavy atom. The number of nitrogens with two attached hydrogens (primary N) is 1. The van der Waals surface area contributed by atoms with Gasteiger partial charge in [0.15, 0.2) is 0 Å². The standard InChI is InChI=1S/C12H20N4/c13-7-10-3-1-2-4-11(10)8-15-12-5-6-14-9-16-12/h5-6,9-11H,1-4,7-8,13H2,(H,14,15,16). The normalized spacial score (nSPS) is 25.3. The van der Waals surface area contributed by atoms with Gasteiger partial charge in [-0.2, -0.15) is 0 Å². The van der Waals surface area contributed by atoms with Crippen LogP contribution in [0.1, 0.15) is 25.7 Å². The number of rotatable bonds is 4. The van der Waals surface area contributed by atoms with E-state index in [-0.39, 0.29) is 0 Å². The number of anilines is 1. The summed E-state index contributed by atoms with van der Waals surface area (Å²) in [5, 5.41) is 3.37. The van der Waals surface area contributed by atoms with Crippen LogP contribution in [0.25, 0.3) is 0 Å². The van der Waals surface area contributed by atoms with E-state index < -0.39 is 0 Å². The summed E-state index contributed by atoms with van der Waals surface area (Å²) in [6, 6.07) is 1.90. The van der Waals surface area contributed by atoms with Crippen LogP contribution in [0.15, 0.2) is 18.6 Å². The zero-order chi connectivity index (χ0) is 11.2. The molecule has 1 aliphatic carbocycles. The van der Waals surface area contributed by atoms with E-state index in [2.05, 4.69) is 15.3 Å². The molecule has 0 bridgehead atoms. The Bertz CT molecular complexity index is 301. The Morgan fingerprint density at radius 2 is 2.12 bits per heavy atom. The predicted octanol–water partition coefficient (Wildman–Crippen LogP) is 1.65. The number of aromatic nitrogens is 2. The van der Waals surface area contributed by atoms with Gasteiger partial charge in [0, 0.05) is 12.7 Å². The highest BCUT2D eigenvalue weighted by Crippen LogP contribution is 2.29. The molecular weight excluding hydrogens is 200 g/mol. The minimum Gasteiger partial charge on any atom is -0.370 e. The largest absolute Gasteiger partial charge is 0.370 e. The summed E-state index contributed by atoms with van der Waals surface area (Å²) in [6.45, 7) is 1.80. The molecule has 1 aromatic heterocycles. The number of nitrogens with zero attached hydrogens (tertiary/aromatic N) is 2. The van der Waals surface area contributed by atoms with Crippen LogP contribution in [0, 0.1) is 11.8 Å². The van der Waals surface area contributed by atoms with Crippen LogP contribution < -0.4 is 11.1 Å². The fourth-order valence-electron chi connectivity index (χ4n) is 2.49. The van der Waals surface area contributed by atoms with Crippen LogP contribution in [-0.4, -0.2) is 23.1 Å². The molecule has 2 unspecified atom stereocenters. The van der Waals surface area contributed by atoms with Gasteiger partial charge in [0.1, 0.15) is 12.1 Å². The van der Waals surface area contributed by atoms with Crippen LogP contribution in [-0.2, 0) is 0 Å². The van der Waals surface area contributed by atoms with Crippen molar-refractivity contribution in [3.63, 3.8) is 0 Å². The van der Waals surface area contributed by atoms with Crippen molar-refractivity contribution in [3.05, 3.63) is 18.6 Å². The molecule has 16 heavy (non-hydrogen) atoms. The molecule has 0 aliphatic heterocycles. The number of hydrogen-bond donors (Lipinski definition) is 2. The Balaban J connectivity index is 1.84. The SMILES string of the molecule is NCC1CCCCC1CNc1ccncn1. The molecular formula is C12H20N4. The van der Waals surface area contributed by atoms with E-state index in [1.54, 1.807) is 12.5 Å². The molecule has 0 amide bonds. The molecule has 88 valence electrons. The molecule has 4 nitrogen and oxygen atoms in total. The summed E-state index contributed by atoms with van der Waals surface area (Å²) in [7, 11) is 0. The van der Waals surface area contributed by atoms with Gasteiger partial charge in [-0.3, -0.25) is 0 Å². The van der Waals surface area contributed by atoms with Crippen molar-refractivity contribution in [2.24, 2.45) is 17.6 Å². The van der Waals surface area contributed by atoms with E-state index in [4.69, 9.17) is 5.73 Å². The van der Waals surface area contributed by atoms with Gasteiger partial charge in [-0.15, -0.1) is 0 Å². The zero-order valence-electron chi connectivity index (χ0n) is 9.60. The Hall–Kier alpha value is -1.16. The molecule has 4 heteroatoms. The second kappa shape index (κ2) is 5.80. The lowest BCUT2D eigenvalue weighted by Gasteiger charge is -2.30. The summed E-state index contributed by atoms with van der Waals surface area (Å²) in [5.74, 6) is 2.30. The van der Waals surface area contributed by atoms with Crippen LogP contribution in [0.3, 0.4) is 0 Å². The van der Waals surface area contributed by atoms with Crippen LogP contribution in [0.4, 0.5) is 5.82 Å². The highest BCUT2D eigenvalue weighted by Gasteiger charge is 2.23. The molecule has 2 atom stereocenters. The van der Waals surface area contributed by atoms with Crippen molar-refractivity contribution in [1.29, 1.82) is 0 Å². The molecule has 0 aromatic carbocycles. The summed E-state index contributed by atoms with van der Waals surface area (Å²) < 4.78 is 0. The molecule has 1 saturated carbocycles. The Kier molecular flexibility index (Phi) is 4.10. The van der Waals surface area contributed by atoms with Gasteiger partial charge in [-0.05, 0) is 37.3 Å². The van der Waals surface area contributed by atoms with Crippen LogP contribution in [0.5, 0.6) is 0 Å². The van der Waals surface area contributed by atoms with Gasteiger partial charge in [0.05, 0.1) is 0 Å². The quantitative estimate of drug-likeness (QED) is 0.810. The fourth-order valence-corrected chi connectivity index (χ4v) is 2.49. The molecule has 1 aromatic rings. The van der Waals surface area contributed by atoms with Crippen molar-refractivity contribution in [1.82, 2.24) is 9.97 Å². The first-order valence-electron chi connectivity index (χ1n) is 6.10. The Labute approximate surface area is 96.7 Å². The fraction of sp³-hybridized carbons (Fsp3) is 0.667. The van der Waals surface area contributed by atoms with Crippen LogP contribution >= 0.6 is 0 Å². The molecule has 1 fully saturated rings. The van der Waals surface area contributed by atoms with Gasteiger partial charge in [0.2, 0.25) is 0 Å². The molecule has 0 radical (unpaired) electrons. The van der Waals surface area contributed by atoms with Crippen molar-refractivity contribution in [2.45, 2.75) is 25.7 Å². The second-order valence-corrected chi connectivity index (χ2v) is 4.52. The predicted molar refractivity (Wildman–Crippen MR) is 65.0 cm³/mol. The maximum absolute atomic E-state index is 5.81. The molecule has 2 rings (SSSR count). The van der Waals surface area contributed by atoms with E-state index >= 15 is 0 Å². The van der Waals surface area contributed by atoms with Gasteiger partial charge < -0.3 is 11.1 Å².